The van der Waals surface area contributed by atoms with E-state index >= 15 is 0 Å². The van der Waals surface area contributed by atoms with Gasteiger partial charge >= 0.3 is 0 Å². The van der Waals surface area contributed by atoms with Crippen LogP contribution in [-0.4, -0.2) is 22.2 Å². The molecule has 0 aliphatic carbocycles. The number of aryl methyl sites for hydroxylation is 2. The molecule has 4 nitrogen and oxygen atoms in total. The maximum absolute atomic E-state index is 12.3. The normalized spacial score (nSPS) is 13.2. The third-order valence-electron chi connectivity index (χ3n) is 3.30. The van der Waals surface area contributed by atoms with Gasteiger partial charge in [0.05, 0.1) is 6.61 Å². The van der Waals surface area contributed by atoms with Gasteiger partial charge in [-0.05, 0) is 36.8 Å². The number of ether oxygens (including phenoxy) is 1. The molecular weight excluding hydrogens is 228 g/mol. The molecule has 0 spiro atoms. The largest absolute Gasteiger partial charge is 0.493 e. The molecule has 2 heterocycles. The zero-order valence-corrected chi connectivity index (χ0v) is 10.4. The summed E-state index contributed by atoms with van der Waals surface area (Å²) < 4.78 is 7.14. The molecule has 1 aromatic heterocycles. The number of carbonyl (C=O) groups is 1. The van der Waals surface area contributed by atoms with Crippen LogP contribution in [0.25, 0.3) is 0 Å². The summed E-state index contributed by atoms with van der Waals surface area (Å²) in [5, 5.41) is 4.22. The highest BCUT2D eigenvalue weighted by Gasteiger charge is 2.18. The van der Waals surface area contributed by atoms with E-state index in [0.717, 1.165) is 23.4 Å². The molecule has 0 bridgehead atoms. The molecule has 18 heavy (non-hydrogen) atoms. The fraction of sp³-hybridized carbons (Fsp3) is 0.286. The molecule has 4 heteroatoms. The first-order chi connectivity index (χ1) is 8.65. The lowest BCUT2D eigenvalue weighted by Crippen LogP contribution is -2.03. The Labute approximate surface area is 105 Å². The minimum absolute atomic E-state index is 0.0339. The minimum atomic E-state index is -0.0339. The Morgan fingerprint density at radius 1 is 1.39 bits per heavy atom. The molecule has 0 N–H and O–H groups in total. The average molecular weight is 242 g/mol. The smallest absolute Gasteiger partial charge is 0.213 e. The van der Waals surface area contributed by atoms with Gasteiger partial charge in [-0.3, -0.25) is 9.48 Å². The second-order valence-electron chi connectivity index (χ2n) is 4.54. The summed E-state index contributed by atoms with van der Waals surface area (Å²) in [5.41, 5.74) is 3.25. The SMILES string of the molecule is Cc1cc(C(=O)c2ccc3c(c2)CCO3)nn1C. The van der Waals surface area contributed by atoms with Gasteiger partial charge in [0, 0.05) is 24.7 Å². The highest BCUT2D eigenvalue weighted by Crippen LogP contribution is 2.26. The molecule has 0 fully saturated rings. The molecule has 0 saturated heterocycles. The van der Waals surface area contributed by atoms with Crippen LogP contribution in [0.5, 0.6) is 5.75 Å². The standard InChI is InChI=1S/C14H14N2O2/c1-9-7-12(15-16(9)2)14(17)11-3-4-13-10(8-11)5-6-18-13/h3-4,7-8H,5-6H2,1-2H3. The third-order valence-corrected chi connectivity index (χ3v) is 3.30. The van der Waals surface area contributed by atoms with E-state index in [1.54, 1.807) is 10.7 Å². The summed E-state index contributed by atoms with van der Waals surface area (Å²) in [4.78, 5) is 12.3. The first-order valence-electron chi connectivity index (χ1n) is 5.96. The van der Waals surface area contributed by atoms with Gasteiger partial charge in [-0.15, -0.1) is 0 Å². The molecule has 1 aliphatic heterocycles. The Kier molecular flexibility index (Phi) is 2.44. The van der Waals surface area contributed by atoms with Gasteiger partial charge in [-0.1, -0.05) is 0 Å². The molecule has 3 rings (SSSR count). The van der Waals surface area contributed by atoms with Crippen molar-refractivity contribution in [2.24, 2.45) is 7.05 Å². The molecule has 92 valence electrons. The number of carbonyl (C=O) groups excluding carboxylic acids is 1. The van der Waals surface area contributed by atoms with Gasteiger partial charge in [0.15, 0.2) is 0 Å². The Morgan fingerprint density at radius 2 is 2.22 bits per heavy atom. The molecule has 1 aliphatic rings. The van der Waals surface area contributed by atoms with Gasteiger partial charge < -0.3 is 4.74 Å². The maximum atomic E-state index is 12.3. The molecule has 0 radical (unpaired) electrons. The van der Waals surface area contributed by atoms with Crippen LogP contribution in [-0.2, 0) is 13.5 Å². The number of fused-ring (bicyclic) bond motifs is 1. The Bertz CT molecular complexity index is 609. The van der Waals surface area contributed by atoms with E-state index in [2.05, 4.69) is 5.10 Å². The number of hydrogen-bond donors (Lipinski definition) is 0. The predicted octanol–water partition coefficient (Wildman–Crippen LogP) is 1.89. The van der Waals surface area contributed by atoms with Crippen LogP contribution >= 0.6 is 0 Å². The van der Waals surface area contributed by atoms with Crippen LogP contribution < -0.4 is 4.74 Å². The lowest BCUT2D eigenvalue weighted by Gasteiger charge is -2.01. The van der Waals surface area contributed by atoms with Crippen molar-refractivity contribution >= 4 is 5.78 Å². The first kappa shape index (κ1) is 11.0. The summed E-state index contributed by atoms with van der Waals surface area (Å²) in [5.74, 6) is 0.858. The number of hydrogen-bond acceptors (Lipinski definition) is 3. The Morgan fingerprint density at radius 3 is 2.94 bits per heavy atom. The van der Waals surface area contributed by atoms with E-state index in [1.165, 1.54) is 0 Å². The maximum Gasteiger partial charge on any atom is 0.213 e. The quantitative estimate of drug-likeness (QED) is 0.755. The summed E-state index contributed by atoms with van der Waals surface area (Å²) >= 11 is 0. The van der Waals surface area contributed by atoms with Crippen molar-refractivity contribution in [2.45, 2.75) is 13.3 Å². The number of ketones is 1. The summed E-state index contributed by atoms with van der Waals surface area (Å²) in [6.45, 7) is 2.63. The van der Waals surface area contributed by atoms with E-state index in [1.807, 2.05) is 32.2 Å². The fourth-order valence-corrected chi connectivity index (χ4v) is 2.15. The summed E-state index contributed by atoms with van der Waals surface area (Å²) in [6, 6.07) is 7.39. The molecule has 0 atom stereocenters. The van der Waals surface area contributed by atoms with Crippen LogP contribution in [0.3, 0.4) is 0 Å². The molecule has 0 unspecified atom stereocenters. The van der Waals surface area contributed by atoms with Crippen molar-refractivity contribution in [1.29, 1.82) is 0 Å². The number of nitrogens with zero attached hydrogens (tertiary/aromatic N) is 2. The molecule has 2 aromatic rings. The summed E-state index contributed by atoms with van der Waals surface area (Å²) in [7, 11) is 1.84. The van der Waals surface area contributed by atoms with Crippen molar-refractivity contribution in [3.8, 4) is 5.75 Å². The summed E-state index contributed by atoms with van der Waals surface area (Å²) in [6.07, 6.45) is 0.873. The van der Waals surface area contributed by atoms with Crippen LogP contribution in [0.2, 0.25) is 0 Å². The van der Waals surface area contributed by atoms with Gasteiger partial charge in [0.25, 0.3) is 0 Å². The van der Waals surface area contributed by atoms with Gasteiger partial charge in [0.1, 0.15) is 11.4 Å². The molecule has 1 aromatic carbocycles. The highest BCUT2D eigenvalue weighted by molar-refractivity contribution is 6.08. The van der Waals surface area contributed by atoms with Crippen LogP contribution in [0.15, 0.2) is 24.3 Å². The monoisotopic (exact) mass is 242 g/mol. The van der Waals surface area contributed by atoms with E-state index in [9.17, 15) is 4.79 Å². The van der Waals surface area contributed by atoms with Crippen LogP contribution in [0, 0.1) is 6.92 Å². The molecule has 0 amide bonds. The lowest BCUT2D eigenvalue weighted by molar-refractivity contribution is 0.103. The number of benzene rings is 1. The van der Waals surface area contributed by atoms with Crippen molar-refractivity contribution in [3.05, 3.63) is 46.8 Å². The van der Waals surface area contributed by atoms with Gasteiger partial charge in [-0.25, -0.2) is 0 Å². The zero-order chi connectivity index (χ0) is 12.7. The Hall–Kier alpha value is -2.10. The Balaban J connectivity index is 1.97. The van der Waals surface area contributed by atoms with Crippen molar-refractivity contribution in [3.63, 3.8) is 0 Å². The zero-order valence-electron chi connectivity index (χ0n) is 10.4. The van der Waals surface area contributed by atoms with Gasteiger partial charge in [0.2, 0.25) is 5.78 Å². The highest BCUT2D eigenvalue weighted by atomic mass is 16.5. The predicted molar refractivity (Wildman–Crippen MR) is 67.0 cm³/mol. The van der Waals surface area contributed by atoms with E-state index in [0.29, 0.717) is 17.9 Å². The van der Waals surface area contributed by atoms with E-state index < -0.39 is 0 Å². The average Bonchev–Trinajstić information content (AvgIpc) is 2.95. The molecule has 0 saturated carbocycles. The van der Waals surface area contributed by atoms with Crippen LogP contribution in [0.4, 0.5) is 0 Å². The van der Waals surface area contributed by atoms with Crippen molar-refractivity contribution < 1.29 is 9.53 Å². The third kappa shape index (κ3) is 1.70. The van der Waals surface area contributed by atoms with Crippen molar-refractivity contribution in [1.82, 2.24) is 9.78 Å². The second-order valence-corrected chi connectivity index (χ2v) is 4.54. The number of rotatable bonds is 2. The lowest BCUT2D eigenvalue weighted by atomic mass is 10.0. The van der Waals surface area contributed by atoms with E-state index in [4.69, 9.17) is 4.74 Å². The van der Waals surface area contributed by atoms with E-state index in [-0.39, 0.29) is 5.78 Å². The topological polar surface area (TPSA) is 44.1 Å². The fourth-order valence-electron chi connectivity index (χ4n) is 2.15. The second kappa shape index (κ2) is 3.98. The molecular formula is C14H14N2O2. The number of aromatic nitrogens is 2. The minimum Gasteiger partial charge on any atom is -0.493 e. The van der Waals surface area contributed by atoms with Crippen LogP contribution in [0.1, 0.15) is 27.3 Å². The van der Waals surface area contributed by atoms with Gasteiger partial charge in [-0.2, -0.15) is 5.10 Å². The first-order valence-corrected chi connectivity index (χ1v) is 5.96. The van der Waals surface area contributed by atoms with Crippen molar-refractivity contribution in [2.75, 3.05) is 6.61 Å².